The minimum absolute atomic E-state index is 0.00801. The summed E-state index contributed by atoms with van der Waals surface area (Å²) >= 11 is 5.88. The Bertz CT molecular complexity index is 384. The number of halogens is 1. The van der Waals surface area contributed by atoms with Crippen LogP contribution in [-0.4, -0.2) is 35.8 Å². The molecule has 0 radical (unpaired) electrons. The summed E-state index contributed by atoms with van der Waals surface area (Å²) in [4.78, 5) is 14.8. The second kappa shape index (κ2) is 5.67. The largest absolute Gasteiger partial charge is 0.478 e. The van der Waals surface area contributed by atoms with Crippen LogP contribution in [0.5, 0.6) is 0 Å². The van der Waals surface area contributed by atoms with E-state index in [0.29, 0.717) is 12.4 Å². The maximum atomic E-state index is 10.8. The topological polar surface area (TPSA) is 71.5 Å². The molecule has 0 aliphatic heterocycles. The fourth-order valence-electron chi connectivity index (χ4n) is 1.06. The minimum atomic E-state index is -1.07. The van der Waals surface area contributed by atoms with Gasteiger partial charge in [-0.2, -0.15) is 0 Å². The second-order valence-corrected chi connectivity index (χ2v) is 3.63. The summed E-state index contributed by atoms with van der Waals surface area (Å²) in [7, 11) is 1.59. The van der Waals surface area contributed by atoms with Crippen LogP contribution in [0.4, 0.5) is 5.82 Å². The summed E-state index contributed by atoms with van der Waals surface area (Å²) in [5.41, 5.74) is 0.0317. The molecule has 1 heterocycles. The van der Waals surface area contributed by atoms with Crippen LogP contribution < -0.4 is 5.32 Å². The first-order valence-electron chi connectivity index (χ1n) is 4.70. The number of ether oxygens (including phenoxy) is 1. The van der Waals surface area contributed by atoms with E-state index in [2.05, 4.69) is 10.3 Å². The van der Waals surface area contributed by atoms with Crippen LogP contribution in [0.3, 0.4) is 0 Å². The lowest BCUT2D eigenvalue weighted by atomic mass is 10.2. The monoisotopic (exact) mass is 244 g/mol. The van der Waals surface area contributed by atoms with Gasteiger partial charge in [0.15, 0.2) is 0 Å². The van der Waals surface area contributed by atoms with Crippen molar-refractivity contribution < 1.29 is 14.6 Å². The Morgan fingerprint density at radius 3 is 3.00 bits per heavy atom. The lowest BCUT2D eigenvalue weighted by Gasteiger charge is -2.12. The number of hydrogen-bond donors (Lipinski definition) is 2. The number of aromatic carboxylic acids is 1. The van der Waals surface area contributed by atoms with Crippen molar-refractivity contribution in [2.24, 2.45) is 0 Å². The van der Waals surface area contributed by atoms with Crippen LogP contribution in [0.25, 0.3) is 0 Å². The van der Waals surface area contributed by atoms with Crippen LogP contribution in [0.15, 0.2) is 12.3 Å². The molecule has 88 valence electrons. The predicted octanol–water partition coefficient (Wildman–Crippen LogP) is 1.88. The van der Waals surface area contributed by atoms with Gasteiger partial charge >= 0.3 is 5.97 Å². The van der Waals surface area contributed by atoms with E-state index in [4.69, 9.17) is 21.4 Å². The Kier molecular flexibility index (Phi) is 4.52. The van der Waals surface area contributed by atoms with Crippen molar-refractivity contribution in [1.29, 1.82) is 0 Å². The highest BCUT2D eigenvalue weighted by molar-refractivity contribution is 6.35. The standard InChI is InChI=1S/C10H13ClN2O3/c1-6(16-2)5-13-9-8(11)7(10(14)15)3-4-12-9/h3-4,6H,5H2,1-2H3,(H,12,13)(H,14,15). The van der Waals surface area contributed by atoms with Gasteiger partial charge < -0.3 is 15.2 Å². The highest BCUT2D eigenvalue weighted by atomic mass is 35.5. The summed E-state index contributed by atoms with van der Waals surface area (Å²) < 4.78 is 5.04. The molecule has 5 nitrogen and oxygen atoms in total. The molecule has 16 heavy (non-hydrogen) atoms. The lowest BCUT2D eigenvalue weighted by molar-refractivity contribution is 0.0697. The number of rotatable bonds is 5. The van der Waals surface area contributed by atoms with Gasteiger partial charge in [0, 0.05) is 19.9 Å². The summed E-state index contributed by atoms with van der Waals surface area (Å²) in [5, 5.41) is 11.9. The predicted molar refractivity (Wildman–Crippen MR) is 61.2 cm³/mol. The Hall–Kier alpha value is -1.33. The number of pyridine rings is 1. The van der Waals surface area contributed by atoms with Gasteiger partial charge in [-0.25, -0.2) is 9.78 Å². The average Bonchev–Trinajstić information content (AvgIpc) is 2.26. The first-order valence-corrected chi connectivity index (χ1v) is 5.08. The number of anilines is 1. The summed E-state index contributed by atoms with van der Waals surface area (Å²) in [6.45, 7) is 2.38. The highest BCUT2D eigenvalue weighted by Crippen LogP contribution is 2.23. The first-order chi connectivity index (χ1) is 7.56. The van der Waals surface area contributed by atoms with Gasteiger partial charge in [0.2, 0.25) is 0 Å². The third-order valence-corrected chi connectivity index (χ3v) is 2.46. The van der Waals surface area contributed by atoms with Crippen molar-refractivity contribution in [3.05, 3.63) is 22.8 Å². The molecule has 1 aromatic rings. The van der Waals surface area contributed by atoms with E-state index in [1.807, 2.05) is 6.92 Å². The zero-order chi connectivity index (χ0) is 12.1. The molecular weight excluding hydrogens is 232 g/mol. The molecule has 0 amide bonds. The number of hydrogen-bond acceptors (Lipinski definition) is 4. The summed E-state index contributed by atoms with van der Waals surface area (Å²) in [5.74, 6) is -0.722. The Balaban J connectivity index is 2.81. The third kappa shape index (κ3) is 3.08. The molecule has 1 atom stereocenters. The Morgan fingerprint density at radius 1 is 1.75 bits per heavy atom. The molecule has 0 saturated carbocycles. The van der Waals surface area contributed by atoms with Crippen LogP contribution in [0.2, 0.25) is 5.02 Å². The molecule has 1 aromatic heterocycles. The van der Waals surface area contributed by atoms with Gasteiger partial charge in [-0.1, -0.05) is 11.6 Å². The number of carboxylic acid groups (broad SMARTS) is 1. The van der Waals surface area contributed by atoms with Gasteiger partial charge in [0.25, 0.3) is 0 Å². The van der Waals surface area contributed by atoms with Crippen molar-refractivity contribution >= 4 is 23.4 Å². The highest BCUT2D eigenvalue weighted by Gasteiger charge is 2.13. The van der Waals surface area contributed by atoms with Gasteiger partial charge in [-0.15, -0.1) is 0 Å². The van der Waals surface area contributed by atoms with Crippen LogP contribution in [-0.2, 0) is 4.74 Å². The lowest BCUT2D eigenvalue weighted by Crippen LogP contribution is -2.19. The number of carbonyl (C=O) groups is 1. The third-order valence-electron chi connectivity index (χ3n) is 2.08. The molecule has 0 aliphatic rings. The van der Waals surface area contributed by atoms with Crippen molar-refractivity contribution in [3.8, 4) is 0 Å². The molecule has 0 aromatic carbocycles. The number of nitrogens with zero attached hydrogens (tertiary/aromatic N) is 1. The fourth-order valence-corrected chi connectivity index (χ4v) is 1.32. The molecule has 0 aliphatic carbocycles. The Labute approximate surface area is 98.4 Å². The van der Waals surface area contributed by atoms with Gasteiger partial charge in [0.05, 0.1) is 16.7 Å². The maximum absolute atomic E-state index is 10.8. The second-order valence-electron chi connectivity index (χ2n) is 3.25. The molecule has 1 unspecified atom stereocenters. The number of aromatic nitrogens is 1. The average molecular weight is 245 g/mol. The molecule has 2 N–H and O–H groups in total. The zero-order valence-electron chi connectivity index (χ0n) is 9.03. The van der Waals surface area contributed by atoms with Gasteiger partial charge in [-0.3, -0.25) is 0 Å². The van der Waals surface area contributed by atoms with Crippen molar-refractivity contribution in [1.82, 2.24) is 4.98 Å². The van der Waals surface area contributed by atoms with Crippen LogP contribution in [0.1, 0.15) is 17.3 Å². The zero-order valence-corrected chi connectivity index (χ0v) is 9.78. The molecule has 1 rings (SSSR count). The molecule has 0 bridgehead atoms. The number of carboxylic acids is 1. The molecule has 0 saturated heterocycles. The summed E-state index contributed by atoms with van der Waals surface area (Å²) in [6.07, 6.45) is 1.39. The minimum Gasteiger partial charge on any atom is -0.478 e. The van der Waals surface area contributed by atoms with E-state index >= 15 is 0 Å². The SMILES string of the molecule is COC(C)CNc1nccc(C(=O)O)c1Cl. The molecule has 0 spiro atoms. The first kappa shape index (κ1) is 12.7. The van der Waals surface area contributed by atoms with Crippen molar-refractivity contribution in [3.63, 3.8) is 0 Å². The van der Waals surface area contributed by atoms with Crippen LogP contribution in [0, 0.1) is 0 Å². The van der Waals surface area contributed by atoms with Crippen molar-refractivity contribution in [2.75, 3.05) is 19.0 Å². The molecule has 6 heteroatoms. The van der Waals surface area contributed by atoms with E-state index < -0.39 is 5.97 Å². The van der Waals surface area contributed by atoms with Crippen LogP contribution >= 0.6 is 11.6 Å². The quantitative estimate of drug-likeness (QED) is 0.828. The Morgan fingerprint density at radius 2 is 2.44 bits per heavy atom. The van der Waals surface area contributed by atoms with E-state index in [0.717, 1.165) is 0 Å². The van der Waals surface area contributed by atoms with E-state index in [1.165, 1.54) is 12.3 Å². The number of methoxy groups -OCH3 is 1. The molecule has 0 fully saturated rings. The maximum Gasteiger partial charge on any atom is 0.337 e. The van der Waals surface area contributed by atoms with Gasteiger partial charge in [-0.05, 0) is 13.0 Å². The van der Waals surface area contributed by atoms with E-state index in [9.17, 15) is 4.79 Å². The van der Waals surface area contributed by atoms with E-state index in [-0.39, 0.29) is 16.7 Å². The fraction of sp³-hybridized carbons (Fsp3) is 0.400. The number of nitrogens with one attached hydrogen (secondary N) is 1. The van der Waals surface area contributed by atoms with E-state index in [1.54, 1.807) is 7.11 Å². The normalized spacial score (nSPS) is 12.2. The molecular formula is C10H13ClN2O3. The smallest absolute Gasteiger partial charge is 0.337 e. The summed E-state index contributed by atoms with van der Waals surface area (Å²) in [6, 6.07) is 1.36. The van der Waals surface area contributed by atoms with Crippen molar-refractivity contribution in [2.45, 2.75) is 13.0 Å². The van der Waals surface area contributed by atoms with Gasteiger partial charge in [0.1, 0.15) is 5.82 Å².